The van der Waals surface area contributed by atoms with E-state index in [1.165, 1.54) is 24.3 Å². The second-order valence-corrected chi connectivity index (χ2v) is 5.90. The lowest BCUT2D eigenvalue weighted by atomic mass is 10.2. The summed E-state index contributed by atoms with van der Waals surface area (Å²) in [6.45, 7) is 1.65. The summed E-state index contributed by atoms with van der Waals surface area (Å²) in [6, 6.07) is 6.39. The molecule has 0 bridgehead atoms. The molecule has 0 spiro atoms. The maximum atomic E-state index is 12.0. The molecule has 0 radical (unpaired) electrons. The van der Waals surface area contributed by atoms with Crippen molar-refractivity contribution >= 4 is 33.2 Å². The number of rotatable bonds is 3. The molecule has 20 heavy (non-hydrogen) atoms. The van der Waals surface area contributed by atoms with Gasteiger partial charge in [0, 0.05) is 0 Å². The first-order valence-electron chi connectivity index (χ1n) is 5.57. The van der Waals surface area contributed by atoms with Gasteiger partial charge in [-0.05, 0) is 36.8 Å². The summed E-state index contributed by atoms with van der Waals surface area (Å²) in [4.78, 5) is 11.1. The molecular weight excluding hydrogens is 302 g/mol. The van der Waals surface area contributed by atoms with Crippen molar-refractivity contribution in [3.05, 3.63) is 53.1 Å². The van der Waals surface area contributed by atoms with Gasteiger partial charge < -0.3 is 0 Å². The van der Waals surface area contributed by atoms with E-state index in [4.69, 9.17) is 11.6 Å². The highest BCUT2D eigenvalue weighted by Crippen LogP contribution is 2.18. The van der Waals surface area contributed by atoms with E-state index in [0.717, 1.165) is 0 Å². The minimum atomic E-state index is -4.00. The number of hydrogen-bond donors (Lipinski definition) is 0. The summed E-state index contributed by atoms with van der Waals surface area (Å²) >= 11 is 5.63. The summed E-state index contributed by atoms with van der Waals surface area (Å²) < 4.78 is 28.5. The second-order valence-electron chi connectivity index (χ2n) is 4.00. The van der Waals surface area contributed by atoms with E-state index in [-0.39, 0.29) is 21.4 Å². The molecule has 1 aliphatic carbocycles. The van der Waals surface area contributed by atoms with Gasteiger partial charge in [0.25, 0.3) is 0 Å². The summed E-state index contributed by atoms with van der Waals surface area (Å²) in [6.07, 6.45) is 3.74. The first kappa shape index (κ1) is 14.5. The topological polar surface area (TPSA) is 72.8 Å². The molecule has 0 fully saturated rings. The molecule has 0 aliphatic heterocycles. The fraction of sp³-hybridized carbons (Fsp3) is 0.0769. The Bertz CT molecular complexity index is 747. The number of halogens is 1. The van der Waals surface area contributed by atoms with Crippen LogP contribution in [0.4, 0.5) is 0 Å². The predicted molar refractivity (Wildman–Crippen MR) is 75.0 cm³/mol. The Kier molecular flexibility index (Phi) is 4.06. The van der Waals surface area contributed by atoms with Crippen LogP contribution in [-0.2, 0) is 19.2 Å². The Balaban J connectivity index is 2.25. The number of carbonyl (C=O) groups is 1. The number of oxime groups is 1. The van der Waals surface area contributed by atoms with Gasteiger partial charge in [-0.1, -0.05) is 35.0 Å². The van der Waals surface area contributed by atoms with E-state index in [9.17, 15) is 13.2 Å². The van der Waals surface area contributed by atoms with Crippen LogP contribution in [0.15, 0.2) is 57.6 Å². The Morgan fingerprint density at radius 1 is 1.20 bits per heavy atom. The maximum Gasteiger partial charge on any atom is 0.358 e. The van der Waals surface area contributed by atoms with Crippen molar-refractivity contribution in [2.75, 3.05) is 0 Å². The van der Waals surface area contributed by atoms with Crippen LogP contribution in [0.3, 0.4) is 0 Å². The third-order valence-electron chi connectivity index (χ3n) is 2.52. The minimum Gasteiger partial charge on any atom is -0.288 e. The number of ketones is 1. The number of aryl methyl sites for hydroxylation is 1. The number of benzene rings is 1. The molecular formula is C13H10ClNO4S. The zero-order valence-electron chi connectivity index (χ0n) is 10.4. The van der Waals surface area contributed by atoms with E-state index in [1.54, 1.807) is 25.1 Å². The van der Waals surface area contributed by atoms with E-state index in [2.05, 4.69) is 9.44 Å². The smallest absolute Gasteiger partial charge is 0.288 e. The zero-order chi connectivity index (χ0) is 14.8. The van der Waals surface area contributed by atoms with Gasteiger partial charge in [0.15, 0.2) is 5.78 Å². The lowest BCUT2D eigenvalue weighted by molar-refractivity contribution is -0.110. The van der Waals surface area contributed by atoms with Gasteiger partial charge >= 0.3 is 10.1 Å². The number of allylic oxidation sites excluding steroid dienone is 4. The molecule has 0 saturated carbocycles. The average molecular weight is 312 g/mol. The SMILES string of the molecule is Cc1ccccc1S(=O)(=O)ON=C1C=CC(=O)C(Cl)=C1. The van der Waals surface area contributed by atoms with Gasteiger partial charge in [-0.25, -0.2) is 0 Å². The van der Waals surface area contributed by atoms with Gasteiger partial charge in [0.1, 0.15) is 10.6 Å². The maximum absolute atomic E-state index is 12.0. The zero-order valence-corrected chi connectivity index (χ0v) is 12.0. The molecule has 0 atom stereocenters. The molecule has 5 nitrogen and oxygen atoms in total. The predicted octanol–water partition coefficient (Wildman–Crippen LogP) is 2.32. The molecule has 0 amide bonds. The van der Waals surface area contributed by atoms with Gasteiger partial charge in [0.05, 0.1) is 5.03 Å². The lowest BCUT2D eigenvalue weighted by Gasteiger charge is -2.06. The van der Waals surface area contributed by atoms with Gasteiger partial charge in [0.2, 0.25) is 0 Å². The van der Waals surface area contributed by atoms with Crippen LogP contribution < -0.4 is 0 Å². The number of nitrogens with zero attached hydrogens (tertiary/aromatic N) is 1. The van der Waals surface area contributed by atoms with E-state index >= 15 is 0 Å². The molecule has 0 N–H and O–H groups in total. The molecule has 1 aliphatic rings. The highest BCUT2D eigenvalue weighted by molar-refractivity contribution is 7.86. The summed E-state index contributed by atoms with van der Waals surface area (Å²) in [5, 5.41) is 3.43. The van der Waals surface area contributed by atoms with Crippen LogP contribution in [0.5, 0.6) is 0 Å². The molecule has 2 rings (SSSR count). The largest absolute Gasteiger partial charge is 0.358 e. The second kappa shape index (κ2) is 5.60. The Labute approximate surface area is 121 Å². The quantitative estimate of drug-likeness (QED) is 0.634. The lowest BCUT2D eigenvalue weighted by Crippen LogP contribution is -2.08. The van der Waals surface area contributed by atoms with Crippen molar-refractivity contribution < 1.29 is 17.5 Å². The highest BCUT2D eigenvalue weighted by Gasteiger charge is 2.18. The van der Waals surface area contributed by atoms with Crippen molar-refractivity contribution in [1.82, 2.24) is 0 Å². The van der Waals surface area contributed by atoms with Crippen LogP contribution in [0, 0.1) is 6.92 Å². The monoisotopic (exact) mass is 311 g/mol. The fourth-order valence-electron chi connectivity index (χ4n) is 1.52. The Hall–Kier alpha value is -1.92. The Morgan fingerprint density at radius 2 is 1.90 bits per heavy atom. The van der Waals surface area contributed by atoms with E-state index in [0.29, 0.717) is 5.56 Å². The van der Waals surface area contributed by atoms with E-state index in [1.807, 2.05) is 0 Å². The molecule has 0 unspecified atom stereocenters. The molecule has 0 heterocycles. The van der Waals surface area contributed by atoms with Crippen LogP contribution in [0.2, 0.25) is 0 Å². The summed E-state index contributed by atoms with van der Waals surface area (Å²) in [5.41, 5.74) is 0.697. The van der Waals surface area contributed by atoms with Crippen molar-refractivity contribution in [2.24, 2.45) is 5.16 Å². The van der Waals surface area contributed by atoms with Gasteiger partial charge in [-0.15, -0.1) is 0 Å². The molecule has 104 valence electrons. The fourth-order valence-corrected chi connectivity index (χ4v) is 2.66. The molecule has 0 aromatic heterocycles. The van der Waals surface area contributed by atoms with Crippen LogP contribution in [0.25, 0.3) is 0 Å². The number of carbonyl (C=O) groups excluding carboxylic acids is 1. The molecule has 0 saturated heterocycles. The highest BCUT2D eigenvalue weighted by atomic mass is 35.5. The first-order chi connectivity index (χ1) is 9.40. The van der Waals surface area contributed by atoms with Crippen molar-refractivity contribution in [1.29, 1.82) is 0 Å². The van der Waals surface area contributed by atoms with E-state index < -0.39 is 10.1 Å². The standard InChI is InChI=1S/C13H10ClNO4S/c1-9-4-2-3-5-13(9)20(17,18)19-15-10-6-7-12(16)11(14)8-10/h2-8H,1H3. The van der Waals surface area contributed by atoms with Crippen LogP contribution in [-0.4, -0.2) is 19.9 Å². The third kappa shape index (κ3) is 3.15. The van der Waals surface area contributed by atoms with Gasteiger partial charge in [-0.3, -0.25) is 9.08 Å². The first-order valence-corrected chi connectivity index (χ1v) is 7.36. The molecule has 7 heteroatoms. The molecule has 1 aromatic rings. The summed E-state index contributed by atoms with van der Waals surface area (Å²) in [5.74, 6) is -0.368. The van der Waals surface area contributed by atoms with Crippen LogP contribution in [0.1, 0.15) is 5.56 Å². The van der Waals surface area contributed by atoms with Crippen molar-refractivity contribution in [3.8, 4) is 0 Å². The number of hydrogen-bond acceptors (Lipinski definition) is 5. The van der Waals surface area contributed by atoms with Crippen LogP contribution >= 0.6 is 11.6 Å². The van der Waals surface area contributed by atoms with Crippen molar-refractivity contribution in [2.45, 2.75) is 11.8 Å². The molecule has 1 aromatic carbocycles. The normalized spacial score (nSPS) is 17.2. The third-order valence-corrected chi connectivity index (χ3v) is 4.08. The van der Waals surface area contributed by atoms with Crippen molar-refractivity contribution in [3.63, 3.8) is 0 Å². The van der Waals surface area contributed by atoms with Gasteiger partial charge in [-0.2, -0.15) is 8.42 Å². The summed E-state index contributed by atoms with van der Waals surface area (Å²) in [7, 11) is -4.00. The Morgan fingerprint density at radius 3 is 2.55 bits per heavy atom. The average Bonchev–Trinajstić information content (AvgIpc) is 2.40. The minimum absolute atomic E-state index is 0.0373.